The molecule has 0 N–H and O–H groups in total. The van der Waals surface area contributed by atoms with Crippen LogP contribution in [0.2, 0.25) is 0 Å². The highest BCUT2D eigenvalue weighted by Gasteiger charge is 2.01. The maximum absolute atomic E-state index is 10.8. The summed E-state index contributed by atoms with van der Waals surface area (Å²) in [4.78, 5) is -0.220. The molecule has 0 saturated heterocycles. The van der Waals surface area contributed by atoms with Gasteiger partial charge in [0.05, 0.1) is 11.5 Å². The van der Waals surface area contributed by atoms with E-state index in [1.165, 1.54) is 62.8 Å². The van der Waals surface area contributed by atoms with E-state index in [0.717, 1.165) is 12.8 Å². The topological polar surface area (TPSA) is 66.4 Å². The molecule has 0 radical (unpaired) electrons. The number of unbranched alkanes of at least 4 members (excludes halogenated alkanes) is 7. The van der Waals surface area contributed by atoms with Gasteiger partial charge >= 0.3 is 0 Å². The maximum atomic E-state index is 10.8. The molecule has 1 aromatic carbocycles. The van der Waals surface area contributed by atoms with Crippen molar-refractivity contribution in [3.05, 3.63) is 24.3 Å². The summed E-state index contributed by atoms with van der Waals surface area (Å²) in [6.07, 6.45) is 9.94. The number of benzene rings is 1. The quantitative estimate of drug-likeness (QED) is 0.455. The van der Waals surface area contributed by atoms with Gasteiger partial charge in [0.1, 0.15) is 15.9 Å². The maximum Gasteiger partial charge on any atom is 0.124 e. The van der Waals surface area contributed by atoms with Crippen LogP contribution in [0.4, 0.5) is 0 Å². The molecule has 1 rings (SSSR count). The fourth-order valence-electron chi connectivity index (χ4n) is 2.13. The minimum absolute atomic E-state index is 0.220. The van der Waals surface area contributed by atoms with Crippen LogP contribution in [0, 0.1) is 0 Å². The molecule has 21 heavy (non-hydrogen) atoms. The molecule has 5 heteroatoms. The van der Waals surface area contributed by atoms with Gasteiger partial charge in [-0.05, 0) is 30.7 Å². The Labute approximate surface area is 128 Å². The second-order valence-electron chi connectivity index (χ2n) is 5.25. The van der Waals surface area contributed by atoms with E-state index >= 15 is 0 Å². The zero-order valence-electron chi connectivity index (χ0n) is 12.7. The molecule has 0 bridgehead atoms. The van der Waals surface area contributed by atoms with Crippen molar-refractivity contribution in [2.75, 3.05) is 6.61 Å². The average Bonchev–Trinajstić information content (AvgIpc) is 2.45. The van der Waals surface area contributed by atoms with Gasteiger partial charge < -0.3 is 9.29 Å². The van der Waals surface area contributed by atoms with E-state index in [1.54, 1.807) is 0 Å². The lowest BCUT2D eigenvalue weighted by atomic mass is 10.1. The Kier molecular flexibility index (Phi) is 8.38. The number of hydrogen-bond acceptors (Lipinski definition) is 4. The first-order chi connectivity index (χ1) is 10.0. The number of rotatable bonds is 11. The number of ether oxygens (including phenoxy) is 1. The molecule has 0 atom stereocenters. The predicted molar refractivity (Wildman–Crippen MR) is 82.5 cm³/mol. The molecule has 0 aliphatic carbocycles. The van der Waals surface area contributed by atoms with Gasteiger partial charge in [0.25, 0.3) is 0 Å². The molecule has 0 spiro atoms. The Morgan fingerprint density at radius 2 is 1.43 bits per heavy atom. The van der Waals surface area contributed by atoms with Gasteiger partial charge in [0.2, 0.25) is 0 Å². The normalized spacial score (nSPS) is 11.5. The van der Waals surface area contributed by atoms with Gasteiger partial charge in [-0.3, -0.25) is 0 Å². The van der Waals surface area contributed by atoms with Crippen molar-refractivity contribution < 1.29 is 17.7 Å². The summed E-state index contributed by atoms with van der Waals surface area (Å²) >= 11 is 0. The van der Waals surface area contributed by atoms with Crippen LogP contribution in [0.1, 0.15) is 58.3 Å². The van der Waals surface area contributed by atoms with Crippen LogP contribution in [0.3, 0.4) is 0 Å². The molecule has 0 unspecified atom stereocenters. The van der Waals surface area contributed by atoms with Gasteiger partial charge in [-0.15, -0.1) is 0 Å². The highest BCUT2D eigenvalue weighted by Crippen LogP contribution is 2.16. The molecule has 0 aromatic heterocycles. The van der Waals surface area contributed by atoms with Crippen molar-refractivity contribution in [3.63, 3.8) is 0 Å². The zero-order valence-corrected chi connectivity index (χ0v) is 13.5. The van der Waals surface area contributed by atoms with Gasteiger partial charge in [0, 0.05) is 0 Å². The van der Waals surface area contributed by atoms with Crippen molar-refractivity contribution in [2.45, 2.75) is 63.2 Å². The third-order valence-corrected chi connectivity index (χ3v) is 4.23. The Balaban J connectivity index is 2.10. The minimum Gasteiger partial charge on any atom is -0.744 e. The third-order valence-electron chi connectivity index (χ3n) is 3.38. The number of hydrogen-bond donors (Lipinski definition) is 0. The molecule has 0 amide bonds. The Morgan fingerprint density at radius 1 is 0.905 bits per heavy atom. The van der Waals surface area contributed by atoms with E-state index in [4.69, 9.17) is 4.74 Å². The Bertz CT molecular complexity index is 480. The molecule has 0 fully saturated rings. The average molecular weight is 313 g/mol. The summed E-state index contributed by atoms with van der Waals surface area (Å²) in [5.41, 5.74) is 0. The molecule has 0 heterocycles. The summed E-state index contributed by atoms with van der Waals surface area (Å²) in [5, 5.41) is 0. The summed E-state index contributed by atoms with van der Waals surface area (Å²) in [5.74, 6) is 0.602. The fraction of sp³-hybridized carbons (Fsp3) is 0.625. The standard InChI is InChI=1S/C16H26O4S/c1-2-3-4-5-6-7-8-9-14-20-15-10-12-16(13-11-15)21(17,18)19/h10-13H,2-9,14H2,1H3,(H,17,18,19)/p-1. The highest BCUT2D eigenvalue weighted by molar-refractivity contribution is 7.85. The first kappa shape index (κ1) is 18.0. The first-order valence-corrected chi connectivity index (χ1v) is 9.13. The lowest BCUT2D eigenvalue weighted by molar-refractivity contribution is 0.304. The third kappa shape index (κ3) is 8.07. The Morgan fingerprint density at radius 3 is 1.95 bits per heavy atom. The van der Waals surface area contributed by atoms with Crippen molar-refractivity contribution in [3.8, 4) is 5.75 Å². The van der Waals surface area contributed by atoms with Crippen molar-refractivity contribution >= 4 is 10.1 Å². The van der Waals surface area contributed by atoms with Crippen molar-refractivity contribution in [1.29, 1.82) is 0 Å². The summed E-state index contributed by atoms with van der Waals surface area (Å²) in [6, 6.07) is 5.61. The molecule has 0 saturated carbocycles. The molecule has 0 aliphatic heterocycles. The lowest BCUT2D eigenvalue weighted by Crippen LogP contribution is -2.00. The van der Waals surface area contributed by atoms with Crippen LogP contribution in [-0.2, 0) is 10.1 Å². The smallest absolute Gasteiger partial charge is 0.124 e. The van der Waals surface area contributed by atoms with E-state index < -0.39 is 10.1 Å². The first-order valence-electron chi connectivity index (χ1n) is 7.73. The van der Waals surface area contributed by atoms with E-state index in [2.05, 4.69) is 6.92 Å². The second kappa shape index (κ2) is 9.79. The molecular weight excluding hydrogens is 288 g/mol. The molecule has 1 aromatic rings. The van der Waals surface area contributed by atoms with Gasteiger partial charge in [-0.25, -0.2) is 8.42 Å². The van der Waals surface area contributed by atoms with Crippen LogP contribution >= 0.6 is 0 Å². The van der Waals surface area contributed by atoms with E-state index in [1.807, 2.05) is 0 Å². The van der Waals surface area contributed by atoms with E-state index in [9.17, 15) is 13.0 Å². The summed E-state index contributed by atoms with van der Waals surface area (Å²) in [6.45, 7) is 2.84. The molecule has 120 valence electrons. The Hall–Kier alpha value is -1.07. The van der Waals surface area contributed by atoms with Gasteiger partial charge in [-0.2, -0.15) is 0 Å². The largest absolute Gasteiger partial charge is 0.744 e. The van der Waals surface area contributed by atoms with Crippen molar-refractivity contribution in [1.82, 2.24) is 0 Å². The lowest BCUT2D eigenvalue weighted by Gasteiger charge is -2.09. The van der Waals surface area contributed by atoms with Gasteiger partial charge in [0.15, 0.2) is 0 Å². The zero-order chi connectivity index (χ0) is 15.6. The fourth-order valence-corrected chi connectivity index (χ4v) is 2.60. The highest BCUT2D eigenvalue weighted by atomic mass is 32.2. The second-order valence-corrected chi connectivity index (χ2v) is 6.63. The van der Waals surface area contributed by atoms with Crippen LogP contribution < -0.4 is 4.74 Å². The van der Waals surface area contributed by atoms with Crippen molar-refractivity contribution in [2.24, 2.45) is 0 Å². The summed E-state index contributed by atoms with van der Waals surface area (Å²) < 4.78 is 37.8. The van der Waals surface area contributed by atoms with Crippen LogP contribution in [0.25, 0.3) is 0 Å². The molecular formula is C16H25O4S-. The SMILES string of the molecule is CCCCCCCCCCOc1ccc(S(=O)(=O)[O-])cc1. The van der Waals surface area contributed by atoms with Gasteiger partial charge in [-0.1, -0.05) is 51.9 Å². The minimum atomic E-state index is -4.37. The van der Waals surface area contributed by atoms with Crippen LogP contribution in [0.15, 0.2) is 29.2 Å². The molecule has 0 aliphatic rings. The predicted octanol–water partition coefficient (Wildman–Crippen LogP) is 4.11. The monoisotopic (exact) mass is 313 g/mol. The van der Waals surface area contributed by atoms with Crippen LogP contribution in [-0.4, -0.2) is 19.6 Å². The van der Waals surface area contributed by atoms with E-state index in [0.29, 0.717) is 12.4 Å². The summed E-state index contributed by atoms with van der Waals surface area (Å²) in [7, 11) is -4.37. The van der Waals surface area contributed by atoms with Crippen LogP contribution in [0.5, 0.6) is 5.75 Å². The van der Waals surface area contributed by atoms with E-state index in [-0.39, 0.29) is 4.90 Å². The molecule has 4 nitrogen and oxygen atoms in total.